The largest absolute Gasteiger partial charge is 0.378 e. The average Bonchev–Trinajstić information content (AvgIpc) is 2.52. The first-order chi connectivity index (χ1) is 10.7. The first kappa shape index (κ1) is 15.0. The van der Waals surface area contributed by atoms with Crippen LogP contribution in [-0.2, 0) is 9.53 Å². The lowest BCUT2D eigenvalue weighted by molar-refractivity contribution is -0.127. The molecule has 1 N–H and O–H groups in total. The van der Waals surface area contributed by atoms with Gasteiger partial charge in [-0.1, -0.05) is 6.42 Å². The molecule has 0 aromatic heterocycles. The Labute approximate surface area is 130 Å². The Balaban J connectivity index is 1.52. The fourth-order valence-electron chi connectivity index (χ4n) is 2.76. The van der Waals surface area contributed by atoms with Gasteiger partial charge in [0.05, 0.1) is 19.8 Å². The van der Waals surface area contributed by atoms with Crippen LogP contribution in [0.4, 0.5) is 5.69 Å². The van der Waals surface area contributed by atoms with E-state index >= 15 is 0 Å². The van der Waals surface area contributed by atoms with Crippen LogP contribution in [0.1, 0.15) is 29.6 Å². The predicted molar refractivity (Wildman–Crippen MR) is 84.2 cm³/mol. The number of morpholine rings is 1. The van der Waals surface area contributed by atoms with E-state index in [1.54, 1.807) is 0 Å². The monoisotopic (exact) mass is 302 g/mol. The van der Waals surface area contributed by atoms with E-state index in [1.165, 1.54) is 0 Å². The van der Waals surface area contributed by atoms with Gasteiger partial charge in [-0.15, -0.1) is 0 Å². The molecule has 1 aliphatic carbocycles. The fourth-order valence-corrected chi connectivity index (χ4v) is 2.76. The van der Waals surface area contributed by atoms with Crippen molar-refractivity contribution < 1.29 is 14.3 Å². The van der Waals surface area contributed by atoms with Crippen LogP contribution in [0.2, 0.25) is 0 Å². The molecule has 1 aliphatic heterocycles. The maximum atomic E-state index is 12.1. The number of benzene rings is 1. The topological polar surface area (TPSA) is 58.6 Å². The Morgan fingerprint density at radius 2 is 1.82 bits per heavy atom. The molecular weight excluding hydrogens is 280 g/mol. The maximum Gasteiger partial charge on any atom is 0.223 e. The highest BCUT2D eigenvalue weighted by Gasteiger charge is 2.25. The summed E-state index contributed by atoms with van der Waals surface area (Å²) < 4.78 is 5.33. The van der Waals surface area contributed by atoms with Gasteiger partial charge >= 0.3 is 0 Å². The van der Waals surface area contributed by atoms with Crippen LogP contribution in [0.3, 0.4) is 0 Å². The van der Waals surface area contributed by atoms with Crippen LogP contribution in [-0.4, -0.2) is 44.5 Å². The van der Waals surface area contributed by atoms with E-state index in [9.17, 15) is 9.59 Å². The number of carbonyl (C=O) groups excluding carboxylic acids is 2. The Bertz CT molecular complexity index is 531. The zero-order valence-corrected chi connectivity index (χ0v) is 12.7. The number of nitrogens with one attached hydrogen (secondary N) is 1. The summed E-state index contributed by atoms with van der Waals surface area (Å²) in [4.78, 5) is 26.1. The number of amides is 1. The normalized spacial score (nSPS) is 18.6. The van der Waals surface area contributed by atoms with Crippen LogP contribution in [0.5, 0.6) is 0 Å². The molecule has 1 amide bonds. The quantitative estimate of drug-likeness (QED) is 0.840. The Hall–Kier alpha value is -1.88. The molecule has 5 nitrogen and oxygen atoms in total. The predicted octanol–water partition coefficient (Wildman–Crippen LogP) is 1.62. The third kappa shape index (κ3) is 3.47. The van der Waals surface area contributed by atoms with E-state index in [2.05, 4.69) is 10.2 Å². The first-order valence-corrected chi connectivity index (χ1v) is 7.98. The van der Waals surface area contributed by atoms with Gasteiger partial charge in [-0.05, 0) is 37.1 Å². The number of rotatable bonds is 5. The minimum atomic E-state index is -0.0406. The number of anilines is 1. The summed E-state index contributed by atoms with van der Waals surface area (Å²) in [6.07, 6.45) is 3.03. The van der Waals surface area contributed by atoms with Gasteiger partial charge in [-0.3, -0.25) is 9.59 Å². The second-order valence-corrected chi connectivity index (χ2v) is 5.92. The van der Waals surface area contributed by atoms with Crippen molar-refractivity contribution in [2.75, 3.05) is 37.7 Å². The molecule has 0 unspecified atom stereocenters. The minimum absolute atomic E-state index is 0.0181. The lowest BCUT2D eigenvalue weighted by Gasteiger charge is -2.28. The lowest BCUT2D eigenvalue weighted by Crippen LogP contribution is -2.37. The number of hydrogen-bond acceptors (Lipinski definition) is 4. The molecule has 1 saturated carbocycles. The Kier molecular flexibility index (Phi) is 4.73. The number of nitrogens with zero attached hydrogens (tertiary/aromatic N) is 1. The third-order valence-corrected chi connectivity index (χ3v) is 4.46. The third-order valence-electron chi connectivity index (χ3n) is 4.46. The second-order valence-electron chi connectivity index (χ2n) is 5.92. The highest BCUT2D eigenvalue weighted by Crippen LogP contribution is 2.26. The van der Waals surface area contributed by atoms with Crippen molar-refractivity contribution in [2.24, 2.45) is 5.92 Å². The highest BCUT2D eigenvalue weighted by atomic mass is 16.5. The van der Waals surface area contributed by atoms with E-state index in [4.69, 9.17) is 4.74 Å². The Morgan fingerprint density at radius 1 is 1.14 bits per heavy atom. The summed E-state index contributed by atoms with van der Waals surface area (Å²) in [6, 6.07) is 7.60. The number of Topliss-reactive ketones (excluding diaryl/α,β-unsaturated/α-hetero) is 1. The van der Waals surface area contributed by atoms with Gasteiger partial charge in [-0.2, -0.15) is 0 Å². The molecule has 22 heavy (non-hydrogen) atoms. The second kappa shape index (κ2) is 6.92. The lowest BCUT2D eigenvalue weighted by atomic mass is 9.85. The zero-order valence-electron chi connectivity index (χ0n) is 12.7. The molecule has 1 saturated heterocycles. The van der Waals surface area contributed by atoms with Gasteiger partial charge in [0.1, 0.15) is 0 Å². The van der Waals surface area contributed by atoms with E-state index in [-0.39, 0.29) is 24.2 Å². The summed E-state index contributed by atoms with van der Waals surface area (Å²) in [5.74, 6) is 0.0993. The molecule has 1 heterocycles. The van der Waals surface area contributed by atoms with E-state index in [0.717, 1.165) is 51.3 Å². The molecule has 118 valence electrons. The van der Waals surface area contributed by atoms with Gasteiger partial charge in [0.25, 0.3) is 0 Å². The van der Waals surface area contributed by atoms with Crippen LogP contribution >= 0.6 is 0 Å². The molecule has 3 rings (SSSR count). The van der Waals surface area contributed by atoms with Crippen molar-refractivity contribution in [3.63, 3.8) is 0 Å². The smallest absolute Gasteiger partial charge is 0.223 e. The maximum absolute atomic E-state index is 12.1. The van der Waals surface area contributed by atoms with Gasteiger partial charge in [-0.25, -0.2) is 0 Å². The average molecular weight is 302 g/mol. The number of carbonyl (C=O) groups is 2. The highest BCUT2D eigenvalue weighted by molar-refractivity contribution is 5.99. The van der Waals surface area contributed by atoms with E-state index < -0.39 is 0 Å². The zero-order chi connectivity index (χ0) is 15.4. The Morgan fingerprint density at radius 3 is 2.41 bits per heavy atom. The molecule has 0 spiro atoms. The number of ketones is 1. The van der Waals surface area contributed by atoms with Crippen LogP contribution in [0.25, 0.3) is 0 Å². The molecule has 0 atom stereocenters. The van der Waals surface area contributed by atoms with Crippen molar-refractivity contribution in [3.05, 3.63) is 29.8 Å². The molecule has 2 fully saturated rings. The summed E-state index contributed by atoms with van der Waals surface area (Å²) >= 11 is 0. The molecular formula is C17H22N2O3. The fraction of sp³-hybridized carbons (Fsp3) is 0.529. The summed E-state index contributed by atoms with van der Waals surface area (Å²) in [7, 11) is 0. The molecule has 0 radical (unpaired) electrons. The van der Waals surface area contributed by atoms with Gasteiger partial charge < -0.3 is 15.0 Å². The van der Waals surface area contributed by atoms with E-state index in [1.807, 2.05) is 24.3 Å². The van der Waals surface area contributed by atoms with Crippen LogP contribution in [0.15, 0.2) is 24.3 Å². The number of hydrogen-bond donors (Lipinski definition) is 1. The van der Waals surface area contributed by atoms with E-state index in [0.29, 0.717) is 5.56 Å². The van der Waals surface area contributed by atoms with Crippen molar-refractivity contribution in [1.82, 2.24) is 5.32 Å². The number of ether oxygens (including phenoxy) is 1. The molecule has 2 aliphatic rings. The summed E-state index contributed by atoms with van der Waals surface area (Å²) in [5.41, 5.74) is 1.75. The summed E-state index contributed by atoms with van der Waals surface area (Å²) in [5, 5.41) is 2.75. The molecule has 0 bridgehead atoms. The molecule has 1 aromatic rings. The SMILES string of the molecule is O=C(CNC(=O)C1CCC1)c1ccc(N2CCOCC2)cc1. The minimum Gasteiger partial charge on any atom is -0.378 e. The van der Waals surface area contributed by atoms with Crippen LogP contribution < -0.4 is 10.2 Å². The van der Waals surface area contributed by atoms with Gasteiger partial charge in [0.2, 0.25) is 5.91 Å². The van der Waals surface area contributed by atoms with Crippen molar-refractivity contribution in [2.45, 2.75) is 19.3 Å². The first-order valence-electron chi connectivity index (χ1n) is 7.98. The van der Waals surface area contributed by atoms with Crippen molar-refractivity contribution in [3.8, 4) is 0 Å². The van der Waals surface area contributed by atoms with Crippen LogP contribution in [0, 0.1) is 5.92 Å². The molecule has 5 heteroatoms. The van der Waals surface area contributed by atoms with Crippen molar-refractivity contribution >= 4 is 17.4 Å². The molecule has 1 aromatic carbocycles. The standard InChI is InChI=1S/C17H22N2O3/c20-16(12-18-17(21)14-2-1-3-14)13-4-6-15(7-5-13)19-8-10-22-11-9-19/h4-7,14H,1-3,8-12H2,(H,18,21). The summed E-state index contributed by atoms with van der Waals surface area (Å²) in [6.45, 7) is 3.34. The van der Waals surface area contributed by atoms with Gasteiger partial charge in [0, 0.05) is 30.3 Å². The van der Waals surface area contributed by atoms with Crippen molar-refractivity contribution in [1.29, 1.82) is 0 Å². The van der Waals surface area contributed by atoms with Gasteiger partial charge in [0.15, 0.2) is 5.78 Å².